The van der Waals surface area contributed by atoms with Gasteiger partial charge in [-0.1, -0.05) is 17.7 Å². The van der Waals surface area contributed by atoms with Crippen LogP contribution in [0.1, 0.15) is 5.56 Å². The van der Waals surface area contributed by atoms with E-state index < -0.39 is 0 Å². The van der Waals surface area contributed by atoms with Gasteiger partial charge in [0.25, 0.3) is 0 Å². The van der Waals surface area contributed by atoms with Crippen LogP contribution in [0.3, 0.4) is 0 Å². The Kier molecular flexibility index (Phi) is 4.88. The molecular weight excluding hydrogens is 314 g/mol. The number of hydrogen-bond donors (Lipinski definition) is 1. The molecule has 1 saturated heterocycles. The van der Waals surface area contributed by atoms with Crippen molar-refractivity contribution < 1.29 is 9.84 Å². The molecule has 2 heterocycles. The number of phenolic OH excluding ortho intramolecular Hbond substituents is 1. The molecule has 1 aliphatic rings. The van der Waals surface area contributed by atoms with Crippen molar-refractivity contribution in [3.8, 4) is 11.5 Å². The molecule has 0 radical (unpaired) electrons. The fourth-order valence-corrected chi connectivity index (χ4v) is 3.00. The van der Waals surface area contributed by atoms with Crippen LogP contribution < -0.4 is 9.64 Å². The Hall–Kier alpha value is -1.98. The largest absolute Gasteiger partial charge is 0.504 e. The summed E-state index contributed by atoms with van der Waals surface area (Å²) in [5.41, 5.74) is 0.913. The van der Waals surface area contributed by atoms with Gasteiger partial charge in [-0.15, -0.1) is 0 Å². The SMILES string of the molecule is COc1cc(Cl)c(CN2CCN(c3ccccn3)CC2)cc1O. The summed E-state index contributed by atoms with van der Waals surface area (Å²) in [6.45, 7) is 4.43. The van der Waals surface area contributed by atoms with Gasteiger partial charge in [-0.3, -0.25) is 4.90 Å². The highest BCUT2D eigenvalue weighted by molar-refractivity contribution is 6.31. The fraction of sp³-hybridized carbons (Fsp3) is 0.353. The van der Waals surface area contributed by atoms with Crippen molar-refractivity contribution in [2.45, 2.75) is 6.54 Å². The average Bonchev–Trinajstić information content (AvgIpc) is 2.59. The number of hydrogen-bond acceptors (Lipinski definition) is 5. The van der Waals surface area contributed by atoms with Crippen molar-refractivity contribution in [3.05, 3.63) is 47.1 Å². The summed E-state index contributed by atoms with van der Waals surface area (Å²) in [6, 6.07) is 9.32. The number of nitrogens with zero attached hydrogens (tertiary/aromatic N) is 3. The maximum absolute atomic E-state index is 9.92. The van der Waals surface area contributed by atoms with Gasteiger partial charge >= 0.3 is 0 Å². The summed E-state index contributed by atoms with van der Waals surface area (Å²) in [7, 11) is 1.52. The van der Waals surface area contributed by atoms with Gasteiger partial charge in [-0.2, -0.15) is 0 Å². The van der Waals surface area contributed by atoms with Gasteiger partial charge in [0.05, 0.1) is 7.11 Å². The second-order valence-corrected chi connectivity index (χ2v) is 5.97. The maximum Gasteiger partial charge on any atom is 0.161 e. The minimum absolute atomic E-state index is 0.124. The topological polar surface area (TPSA) is 48.8 Å². The molecule has 3 rings (SSSR count). The summed E-state index contributed by atoms with van der Waals surface area (Å²) >= 11 is 6.29. The first kappa shape index (κ1) is 15.9. The van der Waals surface area contributed by atoms with Gasteiger partial charge in [-0.25, -0.2) is 4.98 Å². The van der Waals surface area contributed by atoms with Crippen LogP contribution >= 0.6 is 11.6 Å². The summed E-state index contributed by atoms with van der Waals surface area (Å²) in [5.74, 6) is 1.55. The fourth-order valence-electron chi connectivity index (χ4n) is 2.79. The zero-order valence-electron chi connectivity index (χ0n) is 13.1. The number of halogens is 1. The van der Waals surface area contributed by atoms with Gasteiger partial charge in [0.15, 0.2) is 11.5 Å². The minimum atomic E-state index is 0.124. The van der Waals surface area contributed by atoms with Crippen molar-refractivity contribution in [2.75, 3.05) is 38.2 Å². The lowest BCUT2D eigenvalue weighted by Gasteiger charge is -2.35. The summed E-state index contributed by atoms with van der Waals surface area (Å²) in [5, 5.41) is 10.5. The minimum Gasteiger partial charge on any atom is -0.504 e. The number of pyridine rings is 1. The molecule has 2 aromatic rings. The molecular formula is C17H20ClN3O2. The van der Waals surface area contributed by atoms with E-state index in [1.54, 1.807) is 12.1 Å². The van der Waals surface area contributed by atoms with E-state index in [1.165, 1.54) is 7.11 Å². The van der Waals surface area contributed by atoms with E-state index in [0.29, 0.717) is 17.3 Å². The van der Waals surface area contributed by atoms with E-state index in [-0.39, 0.29) is 5.75 Å². The van der Waals surface area contributed by atoms with Crippen LogP contribution in [0.25, 0.3) is 0 Å². The Labute approximate surface area is 141 Å². The van der Waals surface area contributed by atoms with Crippen LogP contribution in [0.4, 0.5) is 5.82 Å². The monoisotopic (exact) mass is 333 g/mol. The van der Waals surface area contributed by atoms with Crippen LogP contribution in [0.5, 0.6) is 11.5 Å². The quantitative estimate of drug-likeness (QED) is 0.932. The van der Waals surface area contributed by atoms with E-state index in [2.05, 4.69) is 14.8 Å². The molecule has 0 aliphatic carbocycles. The number of benzene rings is 1. The molecule has 0 bridgehead atoms. The third-order valence-corrected chi connectivity index (χ3v) is 4.44. The molecule has 5 nitrogen and oxygen atoms in total. The lowest BCUT2D eigenvalue weighted by atomic mass is 10.1. The highest BCUT2D eigenvalue weighted by Crippen LogP contribution is 2.32. The van der Waals surface area contributed by atoms with Gasteiger partial charge in [0, 0.05) is 50.0 Å². The molecule has 0 unspecified atom stereocenters. The predicted molar refractivity (Wildman–Crippen MR) is 91.4 cm³/mol. The Balaban J connectivity index is 1.62. The maximum atomic E-state index is 9.92. The molecule has 1 fully saturated rings. The molecule has 0 saturated carbocycles. The van der Waals surface area contributed by atoms with Gasteiger partial charge in [0.1, 0.15) is 5.82 Å². The standard InChI is InChI=1S/C17H20ClN3O2/c1-23-16-11-14(18)13(10-15(16)22)12-20-6-8-21(9-7-20)17-4-2-3-5-19-17/h2-5,10-11,22H,6-9,12H2,1H3. The molecule has 122 valence electrons. The first-order valence-electron chi connectivity index (χ1n) is 7.61. The van der Waals surface area contributed by atoms with Crippen molar-refractivity contribution >= 4 is 17.4 Å². The Morgan fingerprint density at radius 1 is 1.22 bits per heavy atom. The summed E-state index contributed by atoms with van der Waals surface area (Å²) in [6.07, 6.45) is 1.82. The molecule has 0 amide bonds. The molecule has 1 aliphatic heterocycles. The molecule has 1 N–H and O–H groups in total. The van der Waals surface area contributed by atoms with Gasteiger partial charge in [-0.05, 0) is 23.8 Å². The Bertz CT molecular complexity index is 658. The van der Waals surface area contributed by atoms with Crippen molar-refractivity contribution in [1.82, 2.24) is 9.88 Å². The van der Waals surface area contributed by atoms with Crippen LogP contribution in [0.2, 0.25) is 5.02 Å². The number of rotatable bonds is 4. The number of anilines is 1. The number of ether oxygens (including phenoxy) is 1. The Morgan fingerprint density at radius 2 is 2.00 bits per heavy atom. The van der Waals surface area contributed by atoms with Crippen molar-refractivity contribution in [3.63, 3.8) is 0 Å². The highest BCUT2D eigenvalue weighted by atomic mass is 35.5. The second kappa shape index (κ2) is 7.06. The third kappa shape index (κ3) is 3.68. The smallest absolute Gasteiger partial charge is 0.161 e. The van der Waals surface area contributed by atoms with E-state index in [9.17, 15) is 5.11 Å². The number of piperazine rings is 1. The predicted octanol–water partition coefficient (Wildman–Crippen LogP) is 2.77. The van der Waals surface area contributed by atoms with E-state index in [0.717, 1.165) is 37.6 Å². The lowest BCUT2D eigenvalue weighted by Crippen LogP contribution is -2.46. The number of aromatic hydroxyl groups is 1. The number of methoxy groups -OCH3 is 1. The van der Waals surface area contributed by atoms with Gasteiger partial charge < -0.3 is 14.7 Å². The van der Waals surface area contributed by atoms with Crippen LogP contribution in [0.15, 0.2) is 36.5 Å². The molecule has 6 heteroatoms. The zero-order chi connectivity index (χ0) is 16.2. The first-order chi connectivity index (χ1) is 11.2. The second-order valence-electron chi connectivity index (χ2n) is 5.57. The zero-order valence-corrected chi connectivity index (χ0v) is 13.8. The highest BCUT2D eigenvalue weighted by Gasteiger charge is 2.19. The molecule has 23 heavy (non-hydrogen) atoms. The Morgan fingerprint density at radius 3 is 2.65 bits per heavy atom. The first-order valence-corrected chi connectivity index (χ1v) is 7.99. The molecule has 1 aromatic carbocycles. The van der Waals surface area contributed by atoms with Crippen molar-refractivity contribution in [2.24, 2.45) is 0 Å². The molecule has 1 aromatic heterocycles. The molecule has 0 atom stereocenters. The average molecular weight is 334 g/mol. The molecule has 0 spiro atoms. The van der Waals surface area contributed by atoms with Crippen molar-refractivity contribution in [1.29, 1.82) is 0 Å². The van der Waals surface area contributed by atoms with E-state index in [4.69, 9.17) is 16.3 Å². The van der Waals surface area contributed by atoms with E-state index in [1.807, 2.05) is 24.4 Å². The number of phenols is 1. The van der Waals surface area contributed by atoms with Gasteiger partial charge in [0.2, 0.25) is 0 Å². The number of aromatic nitrogens is 1. The lowest BCUT2D eigenvalue weighted by molar-refractivity contribution is 0.249. The summed E-state index contributed by atoms with van der Waals surface area (Å²) < 4.78 is 5.07. The van der Waals surface area contributed by atoms with E-state index >= 15 is 0 Å². The summed E-state index contributed by atoms with van der Waals surface area (Å²) in [4.78, 5) is 9.00. The van der Waals surface area contributed by atoms with Crippen LogP contribution in [-0.4, -0.2) is 48.3 Å². The van der Waals surface area contributed by atoms with Crippen LogP contribution in [0, 0.1) is 0 Å². The normalized spacial score (nSPS) is 15.7. The van der Waals surface area contributed by atoms with Crippen LogP contribution in [-0.2, 0) is 6.54 Å². The third-order valence-electron chi connectivity index (χ3n) is 4.09.